The average molecular weight is 586 g/mol. The Morgan fingerprint density at radius 2 is 1.86 bits per heavy atom. The Kier molecular flexibility index (Phi) is 11.8. The van der Waals surface area contributed by atoms with Crippen LogP contribution in [0.4, 0.5) is 5.82 Å². The van der Waals surface area contributed by atoms with E-state index in [1.165, 1.54) is 5.56 Å². The number of rotatable bonds is 11. The zero-order valence-electron chi connectivity index (χ0n) is 26.0. The second-order valence-electron chi connectivity index (χ2n) is 11.4. The molecule has 3 aromatic rings. The van der Waals surface area contributed by atoms with Gasteiger partial charge in [-0.1, -0.05) is 63.9 Å². The fourth-order valence-electron chi connectivity index (χ4n) is 4.09. The minimum atomic E-state index is -0.186. The molecule has 1 saturated heterocycles. The van der Waals surface area contributed by atoms with Crippen LogP contribution in [0.1, 0.15) is 48.5 Å². The van der Waals surface area contributed by atoms with Crippen LogP contribution < -0.4 is 5.32 Å². The van der Waals surface area contributed by atoms with E-state index >= 15 is 0 Å². The molecule has 3 aromatic heterocycles. The third-order valence-corrected chi connectivity index (χ3v) is 6.71. The molecule has 11 nitrogen and oxygen atoms in total. The highest BCUT2D eigenvalue weighted by molar-refractivity contribution is 5.83. The summed E-state index contributed by atoms with van der Waals surface area (Å²) >= 11 is 0. The van der Waals surface area contributed by atoms with E-state index in [0.717, 1.165) is 49.6 Å². The van der Waals surface area contributed by atoms with E-state index < -0.39 is 0 Å². The lowest BCUT2D eigenvalue weighted by atomic mass is 9.97. The summed E-state index contributed by atoms with van der Waals surface area (Å²) in [7, 11) is 4.05. The predicted molar refractivity (Wildman–Crippen MR) is 173 cm³/mol. The molecule has 0 amide bonds. The Hall–Kier alpha value is -4.32. The summed E-state index contributed by atoms with van der Waals surface area (Å²) < 4.78 is 4.83. The molecule has 0 spiro atoms. The van der Waals surface area contributed by atoms with E-state index in [-0.39, 0.29) is 11.2 Å². The minimum Gasteiger partial charge on any atom is -0.338 e. The van der Waals surface area contributed by atoms with Gasteiger partial charge in [-0.2, -0.15) is 4.98 Å². The number of aldehydes is 1. The quantitative estimate of drug-likeness (QED) is 0.188. The molecule has 0 atom stereocenters. The molecule has 0 saturated carbocycles. The van der Waals surface area contributed by atoms with Crippen LogP contribution in [-0.4, -0.2) is 94.7 Å². The summed E-state index contributed by atoms with van der Waals surface area (Å²) in [4.78, 5) is 35.4. The van der Waals surface area contributed by atoms with Crippen LogP contribution in [0.25, 0.3) is 17.1 Å². The van der Waals surface area contributed by atoms with Crippen molar-refractivity contribution in [2.75, 3.05) is 46.8 Å². The predicted octanol–water partition coefficient (Wildman–Crippen LogP) is 4.63. The third kappa shape index (κ3) is 9.60. The zero-order chi connectivity index (χ0) is 31.6. The number of nitrogens with one attached hydrogen (secondary N) is 2. The summed E-state index contributed by atoms with van der Waals surface area (Å²) in [6, 6.07) is 4.09. The van der Waals surface area contributed by atoms with Crippen LogP contribution in [0.3, 0.4) is 0 Å². The maximum absolute atomic E-state index is 10.2. The number of piperazine rings is 1. The van der Waals surface area contributed by atoms with Gasteiger partial charge in [-0.15, -0.1) is 0 Å². The standard InChI is InChI=1S/C25H33N7.C7H10N2O2/c1-18(15-26-4)7-8-19(2)20(3)23-25(27-5)30-24(29-23)22-10-9-21(16-28-22)17-32-13-11-31(6)12-14-32;1-7(2,3)6-8-5(4-10)9-11-6/h7-10,16,26H,1-3,5,11-15,17H2,4,6H3,(H,29,30);4H,1-3H3/b8-7-;. The summed E-state index contributed by atoms with van der Waals surface area (Å²) in [5, 5.41) is 6.51. The van der Waals surface area contributed by atoms with Gasteiger partial charge in [-0.3, -0.25) is 14.7 Å². The van der Waals surface area contributed by atoms with Crippen molar-refractivity contribution < 1.29 is 9.32 Å². The van der Waals surface area contributed by atoms with Crippen LogP contribution in [-0.2, 0) is 12.0 Å². The number of imidazole rings is 1. The molecule has 228 valence electrons. The molecular formula is C32H43N9O2. The Morgan fingerprint density at radius 1 is 1.14 bits per heavy atom. The SMILES string of the molecule is C=Nc1nc(-c2ccc(CN3CCN(C)CC3)cn2)[nH]c1C(=C)C(=C)/C=C\C(=C)CNC.CC(C)(C)c1nc(C=O)no1. The molecule has 1 aliphatic rings. The normalized spacial score (nSPS) is 14.3. The van der Waals surface area contributed by atoms with Crippen molar-refractivity contribution in [3.63, 3.8) is 0 Å². The monoisotopic (exact) mass is 585 g/mol. The van der Waals surface area contributed by atoms with Crippen molar-refractivity contribution in [3.8, 4) is 11.5 Å². The lowest BCUT2D eigenvalue weighted by Gasteiger charge is -2.32. The second-order valence-corrected chi connectivity index (χ2v) is 11.4. The number of likely N-dealkylation sites (N-methyl/N-ethyl adjacent to an activating group) is 2. The number of hydrogen-bond acceptors (Lipinski definition) is 10. The van der Waals surface area contributed by atoms with Gasteiger partial charge >= 0.3 is 0 Å². The fraction of sp³-hybridized carbons (Fsp3) is 0.375. The van der Waals surface area contributed by atoms with E-state index in [1.54, 1.807) is 0 Å². The van der Waals surface area contributed by atoms with Gasteiger partial charge in [0.1, 0.15) is 5.69 Å². The first kappa shape index (κ1) is 33.2. The molecule has 4 rings (SSSR count). The number of pyridine rings is 1. The minimum absolute atomic E-state index is 0.106. The van der Waals surface area contributed by atoms with Crippen LogP contribution in [0.15, 0.2) is 70.9 Å². The number of allylic oxidation sites excluding steroid dienone is 3. The highest BCUT2D eigenvalue weighted by Crippen LogP contribution is 2.30. The number of aromatic nitrogens is 5. The van der Waals surface area contributed by atoms with Crippen molar-refractivity contribution in [1.82, 2.24) is 40.2 Å². The number of aromatic amines is 1. The van der Waals surface area contributed by atoms with E-state index in [0.29, 0.717) is 41.6 Å². The number of hydrogen-bond donors (Lipinski definition) is 2. The highest BCUT2D eigenvalue weighted by Gasteiger charge is 2.21. The molecule has 2 N–H and O–H groups in total. The maximum atomic E-state index is 10.2. The van der Waals surface area contributed by atoms with E-state index in [4.69, 9.17) is 4.52 Å². The second kappa shape index (κ2) is 15.2. The number of nitrogens with zero attached hydrogens (tertiary/aromatic N) is 7. The molecule has 0 unspecified atom stereocenters. The number of carbonyl (C=O) groups excluding carboxylic acids is 1. The molecule has 0 aliphatic carbocycles. The van der Waals surface area contributed by atoms with Gasteiger partial charge in [0.2, 0.25) is 11.7 Å². The van der Waals surface area contributed by atoms with Crippen molar-refractivity contribution >= 4 is 24.4 Å². The van der Waals surface area contributed by atoms with E-state index in [9.17, 15) is 4.79 Å². The van der Waals surface area contributed by atoms with Crippen LogP contribution in [0.5, 0.6) is 0 Å². The Labute approximate surface area is 254 Å². The highest BCUT2D eigenvalue weighted by atomic mass is 16.5. The summed E-state index contributed by atoms with van der Waals surface area (Å²) in [6.45, 7) is 27.7. The molecular weight excluding hydrogens is 542 g/mol. The summed E-state index contributed by atoms with van der Waals surface area (Å²) in [6.07, 6.45) is 6.29. The van der Waals surface area contributed by atoms with E-state index in [1.807, 2.05) is 52.2 Å². The zero-order valence-corrected chi connectivity index (χ0v) is 26.0. The number of carbonyl (C=O) groups is 1. The topological polar surface area (TPSA) is 128 Å². The average Bonchev–Trinajstić information content (AvgIpc) is 3.66. The summed E-state index contributed by atoms with van der Waals surface area (Å²) in [5.74, 6) is 1.71. The smallest absolute Gasteiger partial charge is 0.235 e. The van der Waals surface area contributed by atoms with Crippen molar-refractivity contribution in [2.24, 2.45) is 4.99 Å². The van der Waals surface area contributed by atoms with Crippen LogP contribution in [0.2, 0.25) is 0 Å². The van der Waals surface area contributed by atoms with Crippen molar-refractivity contribution in [1.29, 1.82) is 0 Å². The van der Waals surface area contributed by atoms with Gasteiger partial charge < -0.3 is 19.7 Å². The molecule has 0 bridgehead atoms. The molecule has 4 heterocycles. The number of aliphatic imine (C=N–C) groups is 1. The molecule has 0 aromatic carbocycles. The largest absolute Gasteiger partial charge is 0.338 e. The van der Waals surface area contributed by atoms with Crippen molar-refractivity contribution in [3.05, 3.63) is 84.3 Å². The number of H-pyrrole nitrogens is 1. The molecule has 1 fully saturated rings. The molecule has 1 aliphatic heterocycles. The van der Waals surface area contributed by atoms with Gasteiger partial charge in [0.25, 0.3) is 0 Å². The van der Waals surface area contributed by atoms with Crippen LogP contribution in [0, 0.1) is 0 Å². The first-order chi connectivity index (χ1) is 20.4. The Bertz CT molecular complexity index is 1450. The van der Waals surface area contributed by atoms with Gasteiger partial charge in [0.15, 0.2) is 17.9 Å². The molecule has 43 heavy (non-hydrogen) atoms. The fourth-order valence-corrected chi connectivity index (χ4v) is 4.09. The molecule has 11 heteroatoms. The summed E-state index contributed by atoms with van der Waals surface area (Å²) in [5.41, 5.74) is 4.84. The molecule has 0 radical (unpaired) electrons. The van der Waals surface area contributed by atoms with E-state index in [2.05, 4.69) is 84.8 Å². The maximum Gasteiger partial charge on any atom is 0.235 e. The van der Waals surface area contributed by atoms with Gasteiger partial charge in [-0.05, 0) is 43.6 Å². The van der Waals surface area contributed by atoms with Crippen molar-refractivity contribution in [2.45, 2.75) is 32.7 Å². The first-order valence-electron chi connectivity index (χ1n) is 14.1. The van der Waals surface area contributed by atoms with Gasteiger partial charge in [0, 0.05) is 56.5 Å². The van der Waals surface area contributed by atoms with Crippen LogP contribution >= 0.6 is 0 Å². The Morgan fingerprint density at radius 3 is 2.40 bits per heavy atom. The van der Waals surface area contributed by atoms with Gasteiger partial charge in [0.05, 0.1) is 5.69 Å². The lowest BCUT2D eigenvalue weighted by Crippen LogP contribution is -2.43. The third-order valence-electron chi connectivity index (χ3n) is 6.71. The van der Waals surface area contributed by atoms with Gasteiger partial charge in [-0.25, -0.2) is 9.98 Å². The Balaban J connectivity index is 0.000000386. The first-order valence-corrected chi connectivity index (χ1v) is 14.1. The lowest BCUT2D eigenvalue weighted by molar-refractivity contribution is 0.111.